The van der Waals surface area contributed by atoms with Crippen molar-refractivity contribution in [3.8, 4) is 0 Å². The lowest BCUT2D eigenvalue weighted by atomic mass is 9.95. The Labute approximate surface area is 428 Å². The molecule has 2 N–H and O–H groups in total. The first-order chi connectivity index (χ1) is 34.9. The van der Waals surface area contributed by atoms with Gasteiger partial charge in [0.2, 0.25) is 22.8 Å². The molecule has 2 aliphatic rings. The molecule has 0 saturated carbocycles. The van der Waals surface area contributed by atoms with E-state index in [9.17, 15) is 9.59 Å². The third kappa shape index (κ3) is 14.8. The van der Waals surface area contributed by atoms with E-state index in [-0.39, 0.29) is 11.8 Å². The van der Waals surface area contributed by atoms with Crippen molar-refractivity contribution in [1.29, 1.82) is 0 Å². The summed E-state index contributed by atoms with van der Waals surface area (Å²) in [7, 11) is 4.29. The summed E-state index contributed by atoms with van der Waals surface area (Å²) in [4.78, 5) is 31.0. The van der Waals surface area contributed by atoms with E-state index in [0.29, 0.717) is 65.6 Å². The number of thioether (sulfide) groups is 1. The smallest absolute Gasteiger partial charge is 0.262 e. The first-order valence-corrected chi connectivity index (χ1v) is 27.4. The highest BCUT2D eigenvalue weighted by Crippen LogP contribution is 2.45. The molecule has 13 heteroatoms. The predicted octanol–water partition coefficient (Wildman–Crippen LogP) is 10.3. The van der Waals surface area contributed by atoms with Gasteiger partial charge in [0.25, 0.3) is 5.01 Å². The number of ether oxygens (including phenoxy) is 3. The fourth-order valence-corrected chi connectivity index (χ4v) is 11.6. The lowest BCUT2D eigenvalue weighted by molar-refractivity contribution is -0.671. The number of pyridine rings is 1. The van der Waals surface area contributed by atoms with Crippen LogP contribution in [0.15, 0.2) is 119 Å². The summed E-state index contributed by atoms with van der Waals surface area (Å²) >= 11 is 3.66. The van der Waals surface area contributed by atoms with Crippen molar-refractivity contribution < 1.29 is 32.9 Å². The van der Waals surface area contributed by atoms with Gasteiger partial charge in [0.15, 0.2) is 6.20 Å². The molecule has 374 valence electrons. The molecule has 4 aromatic carbocycles. The van der Waals surface area contributed by atoms with Gasteiger partial charge in [0, 0.05) is 106 Å². The number of fused-ring (bicyclic) bond motifs is 4. The van der Waals surface area contributed by atoms with E-state index < -0.39 is 0 Å². The average Bonchev–Trinajstić information content (AvgIpc) is 3.89. The number of para-hydroxylation sites is 4. The molecule has 0 atom stereocenters. The van der Waals surface area contributed by atoms with E-state index >= 15 is 0 Å². The van der Waals surface area contributed by atoms with E-state index in [2.05, 4.69) is 165 Å². The van der Waals surface area contributed by atoms with Crippen molar-refractivity contribution in [2.24, 2.45) is 7.05 Å². The Bertz CT molecular complexity index is 2760. The Balaban J connectivity index is 0.579. The minimum absolute atomic E-state index is 0.103. The SMILES string of the molecule is CN1C(=Cc2cc[n+](CCCCCC(=O)NCCCOCCOCCOCCCNC(=O)CCCCCN3CCC(=Cc4sc5ccccc5[n+]4C)c4ccccc43)c3ccccc23)Sc2ccccc21. The number of carbonyl (C=O) groups is 2. The van der Waals surface area contributed by atoms with Crippen LogP contribution in [0.4, 0.5) is 11.4 Å². The zero-order valence-electron chi connectivity index (χ0n) is 41.7. The third-order valence-corrected chi connectivity index (χ3v) is 15.6. The summed E-state index contributed by atoms with van der Waals surface area (Å²) in [5.74, 6) is 0.218. The molecule has 71 heavy (non-hydrogen) atoms. The molecule has 2 aliphatic heterocycles. The van der Waals surface area contributed by atoms with Crippen LogP contribution in [0.5, 0.6) is 0 Å². The molecular formula is C58H72N6O5S2+2. The molecule has 0 aliphatic carbocycles. The molecule has 2 aromatic heterocycles. The molecule has 4 heterocycles. The van der Waals surface area contributed by atoms with Gasteiger partial charge in [-0.05, 0) is 92.5 Å². The zero-order chi connectivity index (χ0) is 49.0. The number of benzene rings is 4. The lowest BCUT2D eigenvalue weighted by Gasteiger charge is -2.32. The van der Waals surface area contributed by atoms with E-state index in [1.807, 2.05) is 23.1 Å². The summed E-state index contributed by atoms with van der Waals surface area (Å²) in [5, 5.41) is 9.82. The minimum atomic E-state index is 0.103. The van der Waals surface area contributed by atoms with Crippen molar-refractivity contribution in [3.05, 3.63) is 130 Å². The molecule has 0 radical (unpaired) electrons. The van der Waals surface area contributed by atoms with E-state index in [4.69, 9.17) is 14.2 Å². The largest absolute Gasteiger partial charge is 0.379 e. The van der Waals surface area contributed by atoms with Crippen LogP contribution in [-0.2, 0) is 37.4 Å². The van der Waals surface area contributed by atoms with E-state index in [0.717, 1.165) is 77.4 Å². The van der Waals surface area contributed by atoms with Crippen LogP contribution in [0, 0.1) is 0 Å². The number of amides is 2. The van der Waals surface area contributed by atoms with Crippen molar-refractivity contribution in [2.45, 2.75) is 82.1 Å². The monoisotopic (exact) mass is 996 g/mol. The van der Waals surface area contributed by atoms with Crippen molar-refractivity contribution in [2.75, 3.05) is 82.7 Å². The minimum Gasteiger partial charge on any atom is -0.379 e. The molecule has 0 bridgehead atoms. The summed E-state index contributed by atoms with van der Waals surface area (Å²) in [6.07, 6.45) is 16.4. The van der Waals surface area contributed by atoms with Crippen LogP contribution in [0.25, 0.3) is 38.8 Å². The number of carbonyl (C=O) groups excluding carboxylic acids is 2. The fraction of sp³-hybridized carbons (Fsp3) is 0.414. The fourth-order valence-electron chi connectivity index (χ4n) is 9.35. The van der Waals surface area contributed by atoms with Gasteiger partial charge in [-0.2, -0.15) is 9.13 Å². The predicted molar refractivity (Wildman–Crippen MR) is 292 cm³/mol. The third-order valence-electron chi connectivity index (χ3n) is 13.3. The Morgan fingerprint density at radius 2 is 1.30 bits per heavy atom. The molecule has 0 unspecified atom stereocenters. The molecule has 0 saturated heterocycles. The topological polar surface area (TPSA) is 100 Å². The number of nitrogens with one attached hydrogen (secondary N) is 2. The van der Waals surface area contributed by atoms with Crippen molar-refractivity contribution >= 4 is 85.1 Å². The number of aryl methyl sites for hydroxylation is 2. The number of nitrogens with zero attached hydrogens (tertiary/aromatic N) is 4. The standard InChI is InChI=1S/C58H70N6O5S2/c1-61-51-23-11-13-25-53(51)70-57(61)43-45-29-35-63(49-21-9-7-19-47(45)49)33-15-3-5-27-55(65)59-31-17-37-67-39-41-69-42-40-68-38-18-32-60-56(66)28-6-4-16-34-64-36-30-46(48-20-8-10-22-50(48)64)44-58-62(2)52-24-12-14-26-54(52)71-58/h7-14,19-26,29,35,43-44H,3-6,15-18,27-28,30-34,36-42H2,1-2H3/p+2. The second kappa shape index (κ2) is 27.3. The molecule has 6 aromatic rings. The van der Waals surface area contributed by atoms with Gasteiger partial charge in [-0.1, -0.05) is 84.1 Å². The Kier molecular flexibility index (Phi) is 19.9. The number of rotatable bonds is 28. The summed E-state index contributed by atoms with van der Waals surface area (Å²) < 4.78 is 23.0. The molecule has 2 amide bonds. The second-order valence-electron chi connectivity index (χ2n) is 18.3. The Hall–Kier alpha value is -5.57. The summed E-state index contributed by atoms with van der Waals surface area (Å²) in [6, 6.07) is 36.8. The quantitative estimate of drug-likeness (QED) is 0.0370. The molecule has 8 rings (SSSR count). The summed E-state index contributed by atoms with van der Waals surface area (Å²) in [6.45, 7) is 7.36. The van der Waals surface area contributed by atoms with Crippen LogP contribution in [0.2, 0.25) is 0 Å². The van der Waals surface area contributed by atoms with Crippen LogP contribution < -0.4 is 29.6 Å². The van der Waals surface area contributed by atoms with E-state index in [1.54, 1.807) is 0 Å². The highest BCUT2D eigenvalue weighted by Gasteiger charge is 2.24. The van der Waals surface area contributed by atoms with Gasteiger partial charge >= 0.3 is 0 Å². The van der Waals surface area contributed by atoms with E-state index in [1.165, 1.54) is 64.1 Å². The number of hydrogen-bond acceptors (Lipinski definition) is 9. The number of hydrogen-bond donors (Lipinski definition) is 2. The maximum Gasteiger partial charge on any atom is 0.262 e. The zero-order valence-corrected chi connectivity index (χ0v) is 43.4. The average molecular weight is 997 g/mol. The molecular weight excluding hydrogens is 925 g/mol. The number of thiazole rings is 1. The number of unbranched alkanes of at least 4 members (excludes halogenated alkanes) is 4. The maximum absolute atomic E-state index is 12.5. The van der Waals surface area contributed by atoms with Gasteiger partial charge in [0.05, 0.1) is 42.5 Å². The Morgan fingerprint density at radius 1 is 0.662 bits per heavy atom. The number of anilines is 2. The first kappa shape index (κ1) is 51.8. The summed E-state index contributed by atoms with van der Waals surface area (Å²) in [5.41, 5.74) is 9.01. The first-order valence-electron chi connectivity index (χ1n) is 25.8. The van der Waals surface area contributed by atoms with Crippen molar-refractivity contribution in [1.82, 2.24) is 10.6 Å². The van der Waals surface area contributed by atoms with Gasteiger partial charge < -0.3 is 34.6 Å². The van der Waals surface area contributed by atoms with Crippen molar-refractivity contribution in [3.63, 3.8) is 0 Å². The highest BCUT2D eigenvalue weighted by molar-refractivity contribution is 8.03. The lowest BCUT2D eigenvalue weighted by Crippen LogP contribution is -2.34. The maximum atomic E-state index is 12.5. The molecule has 0 spiro atoms. The molecule has 11 nitrogen and oxygen atoms in total. The van der Waals surface area contributed by atoms with Crippen LogP contribution in [-0.4, -0.2) is 84.7 Å². The Morgan fingerprint density at radius 3 is 2.03 bits per heavy atom. The normalized spacial score (nSPS) is 14.5. The van der Waals surface area contributed by atoms with Gasteiger partial charge in [-0.3, -0.25) is 9.59 Å². The second-order valence-corrected chi connectivity index (χ2v) is 20.5. The highest BCUT2D eigenvalue weighted by atomic mass is 32.2. The molecule has 0 fully saturated rings. The van der Waals surface area contributed by atoms with Gasteiger partial charge in [-0.25, -0.2) is 0 Å². The van der Waals surface area contributed by atoms with Gasteiger partial charge in [0.1, 0.15) is 18.3 Å². The van der Waals surface area contributed by atoms with Gasteiger partial charge in [-0.15, -0.1) is 0 Å². The van der Waals surface area contributed by atoms with Crippen LogP contribution >= 0.6 is 23.1 Å². The number of aromatic nitrogens is 2. The van der Waals surface area contributed by atoms with Crippen LogP contribution in [0.1, 0.15) is 86.8 Å². The van der Waals surface area contributed by atoms with Crippen LogP contribution in [0.3, 0.4) is 0 Å².